The Morgan fingerprint density at radius 3 is 3.13 bits per heavy atom. The topological polar surface area (TPSA) is 38.9 Å². The second-order valence-corrected chi connectivity index (χ2v) is 5.03. The van der Waals surface area contributed by atoms with E-state index in [1.165, 1.54) is 21.6 Å². The molecular formula is C12H12N2S. The van der Waals surface area contributed by atoms with Crippen molar-refractivity contribution in [2.24, 2.45) is 0 Å². The third-order valence-corrected chi connectivity index (χ3v) is 4.05. The van der Waals surface area contributed by atoms with E-state index >= 15 is 0 Å². The molecule has 0 bridgehead atoms. The minimum absolute atomic E-state index is 0.902. The first-order chi connectivity index (χ1) is 7.27. The summed E-state index contributed by atoms with van der Waals surface area (Å²) >= 11 is 1.91. The number of rotatable bonds is 0. The number of fused-ring (bicyclic) bond motifs is 3. The van der Waals surface area contributed by atoms with Crippen LogP contribution in [0.3, 0.4) is 0 Å². The zero-order valence-electron chi connectivity index (χ0n) is 8.58. The number of nitrogens with zero attached hydrogens (tertiary/aromatic N) is 1. The van der Waals surface area contributed by atoms with Crippen molar-refractivity contribution in [1.29, 1.82) is 0 Å². The lowest BCUT2D eigenvalue weighted by Crippen LogP contribution is -1.96. The molecule has 0 atom stereocenters. The Balaban J connectivity index is 2.47. The van der Waals surface area contributed by atoms with Crippen molar-refractivity contribution in [3.63, 3.8) is 0 Å². The Bertz CT molecular complexity index is 549. The van der Waals surface area contributed by atoms with Crippen molar-refractivity contribution >= 4 is 28.4 Å². The summed E-state index contributed by atoms with van der Waals surface area (Å²) in [6, 6.07) is 4.24. The molecule has 0 fully saturated rings. The number of nitrogens with two attached hydrogens (primary N) is 1. The van der Waals surface area contributed by atoms with Gasteiger partial charge < -0.3 is 5.73 Å². The summed E-state index contributed by atoms with van der Waals surface area (Å²) in [6.07, 6.45) is 2.97. The molecule has 0 amide bonds. The summed E-state index contributed by atoms with van der Waals surface area (Å²) in [4.78, 5) is 5.81. The fourth-order valence-corrected chi connectivity index (χ4v) is 3.17. The largest absolute Gasteiger partial charge is 0.398 e. The summed E-state index contributed by atoms with van der Waals surface area (Å²) in [5.74, 6) is 1.17. The molecule has 0 aliphatic carbocycles. The second kappa shape index (κ2) is 3.14. The molecular weight excluding hydrogens is 204 g/mol. The molecule has 1 aromatic heterocycles. The molecule has 0 saturated carbocycles. The Kier molecular flexibility index (Phi) is 1.89. The predicted octanol–water partition coefficient (Wildman–Crippen LogP) is 2.77. The molecule has 3 heteroatoms. The second-order valence-electron chi connectivity index (χ2n) is 3.89. The SMILES string of the molecule is Cc1cnc2ccc3c(c2c1N)CCS3. The molecule has 2 heterocycles. The molecule has 3 rings (SSSR count). The maximum absolute atomic E-state index is 6.14. The first-order valence-corrected chi connectivity index (χ1v) is 6.05. The van der Waals surface area contributed by atoms with Crippen LogP contribution >= 0.6 is 11.8 Å². The quantitative estimate of drug-likeness (QED) is 0.736. The zero-order chi connectivity index (χ0) is 10.4. The number of benzene rings is 1. The molecule has 1 aliphatic rings. The van der Waals surface area contributed by atoms with Crippen LogP contribution in [0.2, 0.25) is 0 Å². The van der Waals surface area contributed by atoms with Crippen LogP contribution < -0.4 is 5.73 Å². The summed E-state index contributed by atoms with van der Waals surface area (Å²) in [5.41, 5.74) is 10.5. The predicted molar refractivity (Wildman–Crippen MR) is 65.3 cm³/mol. The number of thioether (sulfide) groups is 1. The van der Waals surface area contributed by atoms with Crippen LogP contribution in [0.15, 0.2) is 23.2 Å². The van der Waals surface area contributed by atoms with Crippen LogP contribution in [0.5, 0.6) is 0 Å². The molecule has 1 aliphatic heterocycles. The Morgan fingerprint density at radius 2 is 2.27 bits per heavy atom. The molecule has 2 nitrogen and oxygen atoms in total. The fourth-order valence-electron chi connectivity index (χ4n) is 2.10. The van der Waals surface area contributed by atoms with E-state index in [9.17, 15) is 0 Å². The Morgan fingerprint density at radius 1 is 1.40 bits per heavy atom. The number of hydrogen-bond donors (Lipinski definition) is 1. The number of aryl methyl sites for hydroxylation is 2. The highest BCUT2D eigenvalue weighted by atomic mass is 32.2. The van der Waals surface area contributed by atoms with Crippen molar-refractivity contribution in [3.8, 4) is 0 Å². The van der Waals surface area contributed by atoms with Gasteiger partial charge in [0.05, 0.1) is 5.52 Å². The first-order valence-electron chi connectivity index (χ1n) is 5.07. The highest BCUT2D eigenvalue weighted by molar-refractivity contribution is 7.99. The molecule has 2 N–H and O–H groups in total. The molecule has 0 spiro atoms. The fraction of sp³-hybridized carbons (Fsp3) is 0.250. The van der Waals surface area contributed by atoms with Gasteiger partial charge in [-0.3, -0.25) is 4.98 Å². The molecule has 0 radical (unpaired) electrons. The maximum atomic E-state index is 6.14. The minimum atomic E-state index is 0.902. The summed E-state index contributed by atoms with van der Waals surface area (Å²) in [7, 11) is 0. The lowest BCUT2D eigenvalue weighted by Gasteiger charge is -2.08. The van der Waals surface area contributed by atoms with Crippen LogP contribution in [0.1, 0.15) is 11.1 Å². The third kappa shape index (κ3) is 1.23. The van der Waals surface area contributed by atoms with Crippen LogP contribution in [0, 0.1) is 6.92 Å². The van der Waals surface area contributed by atoms with Gasteiger partial charge >= 0.3 is 0 Å². The van der Waals surface area contributed by atoms with Gasteiger partial charge in [-0.2, -0.15) is 0 Å². The molecule has 0 unspecified atom stereocenters. The van der Waals surface area contributed by atoms with Crippen molar-refractivity contribution in [3.05, 3.63) is 29.5 Å². The van der Waals surface area contributed by atoms with Gasteiger partial charge in [0, 0.05) is 27.9 Å². The van der Waals surface area contributed by atoms with Gasteiger partial charge in [-0.05, 0) is 36.6 Å². The highest BCUT2D eigenvalue weighted by Crippen LogP contribution is 2.38. The lowest BCUT2D eigenvalue weighted by atomic mass is 10.0. The minimum Gasteiger partial charge on any atom is -0.398 e. The van der Waals surface area contributed by atoms with Gasteiger partial charge in [-0.15, -0.1) is 11.8 Å². The van der Waals surface area contributed by atoms with E-state index in [1.54, 1.807) is 0 Å². The van der Waals surface area contributed by atoms with Gasteiger partial charge in [0.2, 0.25) is 0 Å². The van der Waals surface area contributed by atoms with E-state index < -0.39 is 0 Å². The summed E-state index contributed by atoms with van der Waals surface area (Å²) < 4.78 is 0. The monoisotopic (exact) mass is 216 g/mol. The van der Waals surface area contributed by atoms with Crippen LogP contribution in [-0.4, -0.2) is 10.7 Å². The van der Waals surface area contributed by atoms with E-state index in [2.05, 4.69) is 17.1 Å². The molecule has 2 aromatic rings. The van der Waals surface area contributed by atoms with Crippen LogP contribution in [0.4, 0.5) is 5.69 Å². The van der Waals surface area contributed by atoms with Crippen molar-refractivity contribution in [2.75, 3.05) is 11.5 Å². The van der Waals surface area contributed by atoms with E-state index in [4.69, 9.17) is 5.73 Å². The average molecular weight is 216 g/mol. The van der Waals surface area contributed by atoms with E-state index in [-0.39, 0.29) is 0 Å². The zero-order valence-corrected chi connectivity index (χ0v) is 9.40. The Hall–Kier alpha value is -1.22. The van der Waals surface area contributed by atoms with Crippen LogP contribution in [0.25, 0.3) is 10.9 Å². The smallest absolute Gasteiger partial charge is 0.0726 e. The Labute approximate surface area is 92.9 Å². The van der Waals surface area contributed by atoms with Gasteiger partial charge in [0.1, 0.15) is 0 Å². The van der Waals surface area contributed by atoms with Gasteiger partial charge in [0.15, 0.2) is 0 Å². The highest BCUT2D eigenvalue weighted by Gasteiger charge is 2.17. The van der Waals surface area contributed by atoms with E-state index in [0.717, 1.165) is 23.2 Å². The normalized spacial score (nSPS) is 14.5. The number of hydrogen-bond acceptors (Lipinski definition) is 3. The summed E-state index contributed by atoms with van der Waals surface area (Å²) in [5, 5.41) is 1.18. The van der Waals surface area contributed by atoms with Crippen molar-refractivity contribution in [1.82, 2.24) is 4.98 Å². The van der Waals surface area contributed by atoms with Crippen molar-refractivity contribution < 1.29 is 0 Å². The first kappa shape index (κ1) is 9.04. The van der Waals surface area contributed by atoms with Gasteiger partial charge in [-0.25, -0.2) is 0 Å². The molecule has 15 heavy (non-hydrogen) atoms. The maximum Gasteiger partial charge on any atom is 0.0726 e. The molecule has 1 aromatic carbocycles. The number of nitrogen functional groups attached to an aromatic ring is 1. The average Bonchev–Trinajstić information content (AvgIpc) is 2.70. The van der Waals surface area contributed by atoms with Gasteiger partial charge in [0.25, 0.3) is 0 Å². The van der Waals surface area contributed by atoms with E-state index in [1.807, 2.05) is 24.9 Å². The van der Waals surface area contributed by atoms with Crippen LogP contribution in [-0.2, 0) is 6.42 Å². The number of pyridine rings is 1. The summed E-state index contributed by atoms with van der Waals surface area (Å²) in [6.45, 7) is 2.02. The molecule has 76 valence electrons. The third-order valence-electron chi connectivity index (χ3n) is 2.95. The number of aromatic nitrogens is 1. The lowest BCUT2D eigenvalue weighted by molar-refractivity contribution is 1.16. The molecule has 0 saturated heterocycles. The van der Waals surface area contributed by atoms with Gasteiger partial charge in [-0.1, -0.05) is 0 Å². The standard InChI is InChI=1S/C12H12N2S/c1-7-6-14-9-2-3-10-8(4-5-15-10)11(9)12(7)13/h2-3,6H,4-5H2,1H3,(H2,13,14). The van der Waals surface area contributed by atoms with Crippen molar-refractivity contribution in [2.45, 2.75) is 18.2 Å². The van der Waals surface area contributed by atoms with E-state index in [0.29, 0.717) is 0 Å². The number of anilines is 1.